The summed E-state index contributed by atoms with van der Waals surface area (Å²) in [6, 6.07) is 0.884. The Bertz CT molecular complexity index is 314. The summed E-state index contributed by atoms with van der Waals surface area (Å²) in [5.41, 5.74) is 0.900. The molecule has 0 aliphatic rings. The van der Waals surface area contributed by atoms with Crippen LogP contribution in [0.2, 0.25) is 5.02 Å². The summed E-state index contributed by atoms with van der Waals surface area (Å²) in [4.78, 5) is 0. The van der Waals surface area contributed by atoms with E-state index in [4.69, 9.17) is 11.6 Å². The number of nitrogens with one attached hydrogen (secondary N) is 1. The first-order valence-corrected chi connectivity index (χ1v) is 6.24. The Morgan fingerprint density at radius 3 is 2.44 bits per heavy atom. The highest BCUT2D eigenvalue weighted by Crippen LogP contribution is 2.20. The van der Waals surface area contributed by atoms with E-state index in [0.717, 1.165) is 17.3 Å². The van der Waals surface area contributed by atoms with E-state index < -0.39 is 0 Å². The van der Waals surface area contributed by atoms with Crippen molar-refractivity contribution < 1.29 is 0 Å². The quantitative estimate of drug-likeness (QED) is 0.862. The summed E-state index contributed by atoms with van der Waals surface area (Å²) in [6.45, 7) is 11.6. The van der Waals surface area contributed by atoms with Gasteiger partial charge < -0.3 is 5.32 Å². The third kappa shape index (κ3) is 3.49. The zero-order valence-corrected chi connectivity index (χ0v) is 11.5. The van der Waals surface area contributed by atoms with Crippen LogP contribution in [0, 0.1) is 12.8 Å². The first-order valence-electron chi connectivity index (χ1n) is 5.86. The number of rotatable bonds is 5. The fourth-order valence-corrected chi connectivity index (χ4v) is 1.66. The summed E-state index contributed by atoms with van der Waals surface area (Å²) in [5, 5.41) is 8.60. The number of hydrogen-bond acceptors (Lipinski definition) is 2. The van der Waals surface area contributed by atoms with E-state index in [0.29, 0.717) is 18.0 Å². The van der Waals surface area contributed by atoms with Crippen LogP contribution in [-0.4, -0.2) is 22.4 Å². The van der Waals surface area contributed by atoms with Crippen LogP contribution in [0.4, 0.5) is 0 Å². The van der Waals surface area contributed by atoms with Crippen LogP contribution in [0.3, 0.4) is 0 Å². The highest BCUT2D eigenvalue weighted by Gasteiger charge is 2.16. The Kier molecular flexibility index (Phi) is 4.81. The Labute approximate surface area is 103 Å². The molecule has 0 bridgehead atoms. The van der Waals surface area contributed by atoms with E-state index in [-0.39, 0.29) is 0 Å². The first kappa shape index (κ1) is 13.5. The molecule has 2 atom stereocenters. The monoisotopic (exact) mass is 243 g/mol. The van der Waals surface area contributed by atoms with Gasteiger partial charge in [-0.2, -0.15) is 5.10 Å². The van der Waals surface area contributed by atoms with Crippen molar-refractivity contribution in [2.45, 2.75) is 46.7 Å². The molecule has 0 saturated carbocycles. The SMILES string of the molecule is Cc1nn(C(C)C(C)CNC(C)C)cc1Cl. The molecular weight excluding hydrogens is 222 g/mol. The van der Waals surface area contributed by atoms with E-state index in [9.17, 15) is 0 Å². The van der Waals surface area contributed by atoms with Crippen LogP contribution in [0.15, 0.2) is 6.20 Å². The van der Waals surface area contributed by atoms with Crippen LogP contribution in [-0.2, 0) is 0 Å². The lowest BCUT2D eigenvalue weighted by Gasteiger charge is -2.22. The van der Waals surface area contributed by atoms with Crippen molar-refractivity contribution in [1.82, 2.24) is 15.1 Å². The lowest BCUT2D eigenvalue weighted by Crippen LogP contribution is -2.31. The van der Waals surface area contributed by atoms with Gasteiger partial charge in [-0.15, -0.1) is 0 Å². The van der Waals surface area contributed by atoms with Gasteiger partial charge in [0, 0.05) is 12.2 Å². The molecular formula is C12H22ClN3. The second-order valence-corrected chi connectivity index (χ2v) is 5.23. The standard InChI is InChI=1S/C12H22ClN3/c1-8(2)14-6-9(3)11(5)16-7-12(13)10(4)15-16/h7-9,11,14H,6H2,1-5H3. The van der Waals surface area contributed by atoms with Gasteiger partial charge in [-0.25, -0.2) is 0 Å². The second kappa shape index (κ2) is 5.69. The van der Waals surface area contributed by atoms with Gasteiger partial charge in [0.15, 0.2) is 0 Å². The topological polar surface area (TPSA) is 29.9 Å². The van der Waals surface area contributed by atoms with Crippen molar-refractivity contribution in [2.24, 2.45) is 5.92 Å². The van der Waals surface area contributed by atoms with Gasteiger partial charge in [0.1, 0.15) is 0 Å². The van der Waals surface area contributed by atoms with E-state index >= 15 is 0 Å². The van der Waals surface area contributed by atoms with Gasteiger partial charge in [-0.05, 0) is 26.3 Å². The minimum absolute atomic E-state index is 0.359. The van der Waals surface area contributed by atoms with Crippen LogP contribution in [0.25, 0.3) is 0 Å². The molecule has 1 aromatic heterocycles. The Hall–Kier alpha value is -0.540. The van der Waals surface area contributed by atoms with Crippen molar-refractivity contribution in [3.63, 3.8) is 0 Å². The summed E-state index contributed by atoms with van der Waals surface area (Å²) < 4.78 is 1.96. The van der Waals surface area contributed by atoms with E-state index in [1.54, 1.807) is 0 Å². The number of halogens is 1. The lowest BCUT2D eigenvalue weighted by molar-refractivity contribution is 0.328. The molecule has 0 fully saturated rings. The largest absolute Gasteiger partial charge is 0.314 e. The molecule has 2 unspecified atom stereocenters. The van der Waals surface area contributed by atoms with Crippen molar-refractivity contribution in [3.05, 3.63) is 16.9 Å². The molecule has 0 saturated heterocycles. The van der Waals surface area contributed by atoms with E-state index in [2.05, 4.69) is 38.1 Å². The van der Waals surface area contributed by atoms with Crippen molar-refractivity contribution in [3.8, 4) is 0 Å². The number of hydrogen-bond donors (Lipinski definition) is 1. The number of aromatic nitrogens is 2. The Balaban J connectivity index is 2.59. The van der Waals surface area contributed by atoms with Crippen LogP contribution >= 0.6 is 11.6 Å². The molecule has 4 heteroatoms. The van der Waals surface area contributed by atoms with E-state index in [1.165, 1.54) is 0 Å². The molecule has 0 radical (unpaired) electrons. The lowest BCUT2D eigenvalue weighted by atomic mass is 10.0. The average Bonchev–Trinajstić information content (AvgIpc) is 2.54. The third-order valence-electron chi connectivity index (χ3n) is 2.95. The number of nitrogens with zero attached hydrogens (tertiary/aromatic N) is 2. The minimum Gasteiger partial charge on any atom is -0.314 e. The van der Waals surface area contributed by atoms with Crippen LogP contribution < -0.4 is 5.32 Å². The van der Waals surface area contributed by atoms with Gasteiger partial charge in [0.05, 0.1) is 16.8 Å². The zero-order chi connectivity index (χ0) is 12.3. The van der Waals surface area contributed by atoms with Crippen molar-refractivity contribution in [1.29, 1.82) is 0 Å². The Morgan fingerprint density at radius 1 is 1.38 bits per heavy atom. The maximum Gasteiger partial charge on any atom is 0.0815 e. The van der Waals surface area contributed by atoms with Gasteiger partial charge in [0.2, 0.25) is 0 Å². The molecule has 1 N–H and O–H groups in total. The second-order valence-electron chi connectivity index (χ2n) is 4.82. The highest BCUT2D eigenvalue weighted by molar-refractivity contribution is 6.31. The summed E-state index contributed by atoms with van der Waals surface area (Å²) in [6.07, 6.45) is 1.91. The predicted molar refractivity (Wildman–Crippen MR) is 69.0 cm³/mol. The molecule has 1 aromatic rings. The fraction of sp³-hybridized carbons (Fsp3) is 0.750. The fourth-order valence-electron chi connectivity index (χ4n) is 1.52. The van der Waals surface area contributed by atoms with Gasteiger partial charge in [-0.3, -0.25) is 4.68 Å². The minimum atomic E-state index is 0.359. The first-order chi connectivity index (χ1) is 7.41. The maximum absolute atomic E-state index is 6.01. The third-order valence-corrected chi connectivity index (χ3v) is 3.32. The van der Waals surface area contributed by atoms with Gasteiger partial charge in [-0.1, -0.05) is 32.4 Å². The molecule has 16 heavy (non-hydrogen) atoms. The molecule has 0 amide bonds. The normalized spacial score (nSPS) is 15.4. The Morgan fingerprint density at radius 2 is 2.00 bits per heavy atom. The molecule has 92 valence electrons. The zero-order valence-electron chi connectivity index (χ0n) is 10.8. The van der Waals surface area contributed by atoms with Gasteiger partial charge in [0.25, 0.3) is 0 Å². The number of aryl methyl sites for hydroxylation is 1. The molecule has 0 spiro atoms. The maximum atomic E-state index is 6.01. The molecule has 0 aromatic carbocycles. The smallest absolute Gasteiger partial charge is 0.0815 e. The molecule has 1 heterocycles. The highest BCUT2D eigenvalue weighted by atomic mass is 35.5. The molecule has 1 rings (SSSR count). The predicted octanol–water partition coefficient (Wildman–Crippen LogP) is 3.04. The van der Waals surface area contributed by atoms with Crippen molar-refractivity contribution >= 4 is 11.6 Å². The summed E-state index contributed by atoms with van der Waals surface area (Å²) in [5.74, 6) is 0.526. The van der Waals surface area contributed by atoms with Gasteiger partial charge >= 0.3 is 0 Å². The van der Waals surface area contributed by atoms with E-state index in [1.807, 2.05) is 17.8 Å². The summed E-state index contributed by atoms with van der Waals surface area (Å²) >= 11 is 6.01. The van der Waals surface area contributed by atoms with Crippen LogP contribution in [0.1, 0.15) is 39.4 Å². The van der Waals surface area contributed by atoms with Crippen molar-refractivity contribution in [2.75, 3.05) is 6.54 Å². The molecule has 3 nitrogen and oxygen atoms in total. The van der Waals surface area contributed by atoms with Crippen LogP contribution in [0.5, 0.6) is 0 Å². The molecule has 0 aliphatic heterocycles. The molecule has 0 aliphatic carbocycles. The average molecular weight is 244 g/mol. The summed E-state index contributed by atoms with van der Waals surface area (Å²) in [7, 11) is 0.